The van der Waals surface area contributed by atoms with Crippen molar-refractivity contribution >= 4 is 26.7 Å². The Hall–Kier alpha value is -2.14. The van der Waals surface area contributed by atoms with Crippen molar-refractivity contribution in [1.29, 1.82) is 0 Å². The minimum absolute atomic E-state index is 0.118. The van der Waals surface area contributed by atoms with Gasteiger partial charge < -0.3 is 9.47 Å². The smallest absolute Gasteiger partial charge is 0.227 e. The van der Waals surface area contributed by atoms with Gasteiger partial charge in [-0.2, -0.15) is 0 Å². The largest absolute Gasteiger partial charge is 0.497 e. The third kappa shape index (κ3) is 2.83. The number of rotatable bonds is 3. The number of hydrogen-bond donors (Lipinski definition) is 0. The maximum absolute atomic E-state index is 13.8. The zero-order valence-corrected chi connectivity index (χ0v) is 12.7. The van der Waals surface area contributed by atoms with Gasteiger partial charge in [-0.05, 0) is 41.8 Å². The van der Waals surface area contributed by atoms with Crippen molar-refractivity contribution in [2.75, 3.05) is 7.11 Å². The van der Waals surface area contributed by atoms with Crippen LogP contribution in [0.2, 0.25) is 0 Å². The maximum atomic E-state index is 13.8. The molecule has 0 spiro atoms. The minimum Gasteiger partial charge on any atom is -0.497 e. The summed E-state index contributed by atoms with van der Waals surface area (Å²) >= 11 is 3.30. The fourth-order valence-corrected chi connectivity index (χ4v) is 2.33. The molecule has 0 N–H and O–H groups in total. The molecule has 0 radical (unpaired) electrons. The molecule has 1 aromatic heterocycles. The van der Waals surface area contributed by atoms with Crippen molar-refractivity contribution in [3.8, 4) is 17.4 Å². The van der Waals surface area contributed by atoms with Crippen LogP contribution in [0.5, 0.6) is 17.4 Å². The van der Waals surface area contributed by atoms with Crippen LogP contribution in [0.1, 0.15) is 0 Å². The highest BCUT2D eigenvalue weighted by Crippen LogP contribution is 2.32. The summed E-state index contributed by atoms with van der Waals surface area (Å²) in [4.78, 5) is 4.19. The van der Waals surface area contributed by atoms with E-state index in [4.69, 9.17) is 9.47 Å². The molecule has 0 unspecified atom stereocenters. The second-order valence-electron chi connectivity index (χ2n) is 4.38. The minimum atomic E-state index is -0.445. The summed E-state index contributed by atoms with van der Waals surface area (Å²) in [6, 6.07) is 11.9. The second-order valence-corrected chi connectivity index (χ2v) is 5.30. The molecule has 0 fully saturated rings. The van der Waals surface area contributed by atoms with Gasteiger partial charge in [0.1, 0.15) is 5.75 Å². The Morgan fingerprint density at radius 2 is 1.95 bits per heavy atom. The summed E-state index contributed by atoms with van der Waals surface area (Å²) in [5.41, 5.74) is 0. The van der Waals surface area contributed by atoms with Crippen molar-refractivity contribution < 1.29 is 13.9 Å². The lowest BCUT2D eigenvalue weighted by Gasteiger charge is -2.10. The molecule has 3 aromatic rings. The van der Waals surface area contributed by atoms with Gasteiger partial charge in [0.15, 0.2) is 11.6 Å². The molecule has 2 aromatic carbocycles. The van der Waals surface area contributed by atoms with E-state index in [0.29, 0.717) is 11.6 Å². The first-order valence-corrected chi connectivity index (χ1v) is 7.02. The number of pyridine rings is 1. The van der Waals surface area contributed by atoms with E-state index in [1.165, 1.54) is 6.07 Å². The van der Waals surface area contributed by atoms with Gasteiger partial charge in [0.2, 0.25) is 5.88 Å². The van der Waals surface area contributed by atoms with Crippen molar-refractivity contribution in [2.24, 2.45) is 0 Å². The summed E-state index contributed by atoms with van der Waals surface area (Å²) in [5, 5.41) is 1.70. The molecule has 0 saturated carbocycles. The SMILES string of the molecule is COc1ccc2ccnc(Oc3cc(Br)ccc3F)c2c1. The van der Waals surface area contributed by atoms with Crippen molar-refractivity contribution in [2.45, 2.75) is 0 Å². The zero-order chi connectivity index (χ0) is 14.8. The van der Waals surface area contributed by atoms with Gasteiger partial charge in [0.25, 0.3) is 0 Å². The Labute approximate surface area is 129 Å². The standard InChI is InChI=1S/C16H11BrFNO2/c1-20-12-4-2-10-6-7-19-16(13(10)9-12)21-15-8-11(17)3-5-14(15)18/h2-9H,1H3. The molecule has 21 heavy (non-hydrogen) atoms. The van der Waals surface area contributed by atoms with E-state index >= 15 is 0 Å². The number of hydrogen-bond acceptors (Lipinski definition) is 3. The van der Waals surface area contributed by atoms with Gasteiger partial charge in [-0.1, -0.05) is 22.0 Å². The van der Waals surface area contributed by atoms with E-state index in [0.717, 1.165) is 15.2 Å². The Morgan fingerprint density at radius 3 is 2.76 bits per heavy atom. The predicted octanol–water partition coefficient (Wildman–Crippen LogP) is 4.94. The number of halogens is 2. The summed E-state index contributed by atoms with van der Waals surface area (Å²) in [5.74, 6) is 0.700. The quantitative estimate of drug-likeness (QED) is 0.672. The van der Waals surface area contributed by atoms with E-state index in [2.05, 4.69) is 20.9 Å². The number of methoxy groups -OCH3 is 1. The summed E-state index contributed by atoms with van der Waals surface area (Å²) in [6.45, 7) is 0. The van der Waals surface area contributed by atoms with Crippen LogP contribution in [-0.4, -0.2) is 12.1 Å². The third-order valence-corrected chi connectivity index (χ3v) is 3.53. The second kappa shape index (κ2) is 5.69. The van der Waals surface area contributed by atoms with Crippen LogP contribution in [0.25, 0.3) is 10.8 Å². The molecule has 0 bridgehead atoms. The Bertz CT molecular complexity index is 807. The lowest BCUT2D eigenvalue weighted by molar-refractivity contribution is 0.414. The number of aromatic nitrogens is 1. The van der Waals surface area contributed by atoms with Crippen LogP contribution < -0.4 is 9.47 Å². The molecule has 3 nitrogen and oxygen atoms in total. The Balaban J connectivity index is 2.09. The van der Waals surface area contributed by atoms with Gasteiger partial charge in [-0.3, -0.25) is 0 Å². The molecule has 1 heterocycles. The van der Waals surface area contributed by atoms with E-state index in [9.17, 15) is 4.39 Å². The monoisotopic (exact) mass is 347 g/mol. The average molecular weight is 348 g/mol. The van der Waals surface area contributed by atoms with Crippen LogP contribution in [-0.2, 0) is 0 Å². The van der Waals surface area contributed by atoms with E-state index < -0.39 is 5.82 Å². The summed E-state index contributed by atoms with van der Waals surface area (Å²) < 4.78 is 25.4. The van der Waals surface area contributed by atoms with Crippen LogP contribution in [0.15, 0.2) is 53.1 Å². The Kier molecular flexibility index (Phi) is 3.75. The lowest BCUT2D eigenvalue weighted by Crippen LogP contribution is -1.92. The van der Waals surface area contributed by atoms with E-state index in [1.807, 2.05) is 24.3 Å². The lowest BCUT2D eigenvalue weighted by atomic mass is 10.1. The van der Waals surface area contributed by atoms with E-state index in [-0.39, 0.29) is 5.75 Å². The van der Waals surface area contributed by atoms with Crippen LogP contribution >= 0.6 is 15.9 Å². The van der Waals surface area contributed by atoms with Crippen molar-refractivity contribution in [3.63, 3.8) is 0 Å². The van der Waals surface area contributed by atoms with Gasteiger partial charge in [-0.25, -0.2) is 9.37 Å². The molecule has 0 aliphatic heterocycles. The summed E-state index contributed by atoms with van der Waals surface area (Å²) in [6.07, 6.45) is 1.63. The fraction of sp³-hybridized carbons (Fsp3) is 0.0625. The molecular weight excluding hydrogens is 337 g/mol. The van der Waals surface area contributed by atoms with E-state index in [1.54, 1.807) is 25.4 Å². The predicted molar refractivity (Wildman–Crippen MR) is 82.5 cm³/mol. The highest BCUT2D eigenvalue weighted by molar-refractivity contribution is 9.10. The van der Waals surface area contributed by atoms with Gasteiger partial charge in [0, 0.05) is 16.1 Å². The Morgan fingerprint density at radius 1 is 1.10 bits per heavy atom. The van der Waals surface area contributed by atoms with Gasteiger partial charge in [0.05, 0.1) is 7.11 Å². The van der Waals surface area contributed by atoms with Crippen LogP contribution in [0.4, 0.5) is 4.39 Å². The highest BCUT2D eigenvalue weighted by atomic mass is 79.9. The molecule has 0 amide bonds. The maximum Gasteiger partial charge on any atom is 0.227 e. The molecule has 3 rings (SSSR count). The zero-order valence-electron chi connectivity index (χ0n) is 11.1. The number of benzene rings is 2. The van der Waals surface area contributed by atoms with Crippen molar-refractivity contribution in [1.82, 2.24) is 4.98 Å². The highest BCUT2D eigenvalue weighted by Gasteiger charge is 2.10. The van der Waals surface area contributed by atoms with Crippen LogP contribution in [0, 0.1) is 5.82 Å². The molecule has 5 heteroatoms. The number of nitrogens with zero attached hydrogens (tertiary/aromatic N) is 1. The topological polar surface area (TPSA) is 31.4 Å². The molecule has 0 atom stereocenters. The first-order valence-electron chi connectivity index (χ1n) is 6.23. The normalized spacial score (nSPS) is 10.6. The first-order chi connectivity index (χ1) is 10.2. The summed E-state index contributed by atoms with van der Waals surface area (Å²) in [7, 11) is 1.59. The number of fused-ring (bicyclic) bond motifs is 1. The molecule has 106 valence electrons. The first kappa shape index (κ1) is 13.8. The molecule has 0 saturated heterocycles. The average Bonchev–Trinajstić information content (AvgIpc) is 2.51. The number of ether oxygens (including phenoxy) is 2. The van der Waals surface area contributed by atoms with Gasteiger partial charge in [-0.15, -0.1) is 0 Å². The molecule has 0 aliphatic carbocycles. The molecular formula is C16H11BrFNO2. The van der Waals surface area contributed by atoms with Crippen molar-refractivity contribution in [3.05, 3.63) is 59.0 Å². The van der Waals surface area contributed by atoms with Crippen LogP contribution in [0.3, 0.4) is 0 Å². The fourth-order valence-electron chi connectivity index (χ4n) is 1.99. The van der Waals surface area contributed by atoms with Gasteiger partial charge >= 0.3 is 0 Å². The molecule has 0 aliphatic rings. The third-order valence-electron chi connectivity index (χ3n) is 3.04.